The Balaban J connectivity index is 1.48. The van der Waals surface area contributed by atoms with Gasteiger partial charge >= 0.3 is 0 Å². The average molecular weight is 559 g/mol. The lowest BCUT2D eigenvalue weighted by Crippen LogP contribution is -2.66. The first-order valence-corrected chi connectivity index (χ1v) is 16.7. The fourth-order valence-corrected chi connectivity index (χ4v) is 7.49. The Hall–Kier alpha value is -3.56. The van der Waals surface area contributed by atoms with Crippen LogP contribution in [0.3, 0.4) is 0 Å². The van der Waals surface area contributed by atoms with Gasteiger partial charge in [0.2, 0.25) is 11.6 Å². The summed E-state index contributed by atoms with van der Waals surface area (Å²) in [6, 6.07) is 13.1. The maximum absolute atomic E-state index is 14.7. The number of ether oxygens (including phenoxy) is 1. The molecule has 3 aromatic rings. The molecule has 3 aliphatic carbocycles. The van der Waals surface area contributed by atoms with Crippen molar-refractivity contribution in [3.8, 4) is 5.88 Å². The van der Waals surface area contributed by atoms with Gasteiger partial charge in [0.15, 0.2) is 19.7 Å². The van der Waals surface area contributed by atoms with Crippen molar-refractivity contribution < 1.29 is 28.4 Å². The van der Waals surface area contributed by atoms with E-state index < -0.39 is 31.4 Å². The zero-order valence-electron chi connectivity index (χ0n) is 23.5. The monoisotopic (exact) mass is 558 g/mol. The van der Waals surface area contributed by atoms with Crippen LogP contribution < -0.4 is 4.74 Å². The quantitative estimate of drug-likeness (QED) is 0.305. The largest absolute Gasteiger partial charge is 0.507 e. The van der Waals surface area contributed by atoms with Crippen LogP contribution in [0.5, 0.6) is 5.88 Å². The molecule has 1 aromatic carbocycles. The van der Waals surface area contributed by atoms with Crippen LogP contribution in [0.15, 0.2) is 58.8 Å². The summed E-state index contributed by atoms with van der Waals surface area (Å²) in [6.45, 7) is 10.5. The number of fused-ring (bicyclic) bond motifs is 4. The van der Waals surface area contributed by atoms with Crippen molar-refractivity contribution in [3.63, 3.8) is 0 Å². The van der Waals surface area contributed by atoms with Gasteiger partial charge in [-0.25, -0.2) is 0 Å². The van der Waals surface area contributed by atoms with Crippen molar-refractivity contribution in [2.24, 2.45) is 11.8 Å². The summed E-state index contributed by atoms with van der Waals surface area (Å²) in [5.41, 5.74) is 0.813. The Morgan fingerprint density at radius 3 is 2.55 bits per heavy atom. The first kappa shape index (κ1) is 26.6. The molecule has 9 heteroatoms. The molecule has 1 unspecified atom stereocenters. The van der Waals surface area contributed by atoms with Crippen molar-refractivity contribution in [3.05, 3.63) is 82.4 Å². The maximum atomic E-state index is 14.7. The number of aliphatic hydroxyl groups is 1. The number of pyridine rings is 1. The minimum Gasteiger partial charge on any atom is -0.507 e. The lowest BCUT2D eigenvalue weighted by atomic mass is 9.59. The molecule has 2 heterocycles. The van der Waals surface area contributed by atoms with E-state index in [-0.39, 0.29) is 40.3 Å². The number of Topliss-reactive ketones (excluding diaryl/α,β-unsaturated/α-hetero) is 2. The third-order valence-electron chi connectivity index (χ3n) is 9.14. The number of carbonyl (C=O) groups is 2. The molecular weight excluding hydrogens is 524 g/mol. The number of hydrogen-bond acceptors (Lipinski definition) is 8. The predicted octanol–water partition coefficient (Wildman–Crippen LogP) is 5.88. The number of carbonyl (C=O) groups excluding carboxylic acids is 2. The highest BCUT2D eigenvalue weighted by atomic mass is 28.4. The van der Waals surface area contributed by atoms with E-state index in [1.807, 2.05) is 43.4 Å². The molecule has 1 N–H and O–H groups in total. The normalized spacial score (nSPS) is 24.2. The van der Waals surface area contributed by atoms with E-state index in [2.05, 4.69) is 30.9 Å². The second kappa shape index (κ2) is 9.24. The van der Waals surface area contributed by atoms with Gasteiger partial charge < -0.3 is 18.8 Å². The molecule has 3 aliphatic rings. The third kappa shape index (κ3) is 3.97. The van der Waals surface area contributed by atoms with E-state index in [0.29, 0.717) is 30.6 Å². The van der Waals surface area contributed by atoms with Gasteiger partial charge in [0.1, 0.15) is 17.9 Å². The van der Waals surface area contributed by atoms with Gasteiger partial charge in [-0.1, -0.05) is 51.1 Å². The molecule has 208 valence electrons. The van der Waals surface area contributed by atoms with Crippen LogP contribution in [0.25, 0.3) is 5.76 Å². The van der Waals surface area contributed by atoms with Crippen LogP contribution in [-0.4, -0.2) is 40.7 Å². The van der Waals surface area contributed by atoms with E-state index in [4.69, 9.17) is 13.7 Å². The summed E-state index contributed by atoms with van der Waals surface area (Å²) in [4.78, 5) is 33.9. The van der Waals surface area contributed by atoms with E-state index in [0.717, 1.165) is 11.3 Å². The SMILES string of the molecule is CC(C)(C)[Si](C)(C)OC12C(=O)C3=C(O)c4cccnc4C[C@H]3C[C@H]1Cc1onc(OCc3ccccc3)c1C2=O. The lowest BCUT2D eigenvalue weighted by molar-refractivity contribution is -0.136. The van der Waals surface area contributed by atoms with Gasteiger partial charge in [-0.2, -0.15) is 0 Å². The number of benzene rings is 1. The van der Waals surface area contributed by atoms with Crippen LogP contribution in [0, 0.1) is 11.8 Å². The van der Waals surface area contributed by atoms with Crippen molar-refractivity contribution >= 4 is 25.6 Å². The maximum Gasteiger partial charge on any atom is 0.265 e. The molecule has 3 atom stereocenters. The second-order valence-corrected chi connectivity index (χ2v) is 17.3. The van der Waals surface area contributed by atoms with Gasteiger partial charge in [0, 0.05) is 29.7 Å². The smallest absolute Gasteiger partial charge is 0.265 e. The minimum atomic E-state index is -2.68. The Morgan fingerprint density at radius 2 is 1.82 bits per heavy atom. The molecule has 2 aromatic heterocycles. The zero-order chi connectivity index (χ0) is 28.4. The van der Waals surface area contributed by atoms with Crippen LogP contribution in [0.1, 0.15) is 60.1 Å². The van der Waals surface area contributed by atoms with E-state index in [9.17, 15) is 14.7 Å². The molecule has 0 saturated heterocycles. The molecule has 0 bridgehead atoms. The second-order valence-electron chi connectivity index (χ2n) is 12.6. The number of nitrogens with zero attached hydrogens (tertiary/aromatic N) is 2. The fourth-order valence-electron chi connectivity index (χ4n) is 6.03. The van der Waals surface area contributed by atoms with Crippen molar-refractivity contribution in [1.29, 1.82) is 0 Å². The number of aliphatic hydroxyl groups excluding tert-OH is 1. The molecule has 0 spiro atoms. The Labute approximate surface area is 234 Å². The number of hydrogen-bond donors (Lipinski definition) is 1. The zero-order valence-corrected chi connectivity index (χ0v) is 24.5. The topological polar surface area (TPSA) is 112 Å². The van der Waals surface area contributed by atoms with Gasteiger partial charge in [0.05, 0.1) is 5.69 Å². The van der Waals surface area contributed by atoms with Crippen LogP contribution >= 0.6 is 0 Å². The summed E-state index contributed by atoms with van der Waals surface area (Å²) in [6.07, 6.45) is 2.98. The predicted molar refractivity (Wildman–Crippen MR) is 150 cm³/mol. The third-order valence-corrected chi connectivity index (χ3v) is 13.6. The molecular formula is C31H34N2O6Si. The molecule has 8 nitrogen and oxygen atoms in total. The van der Waals surface area contributed by atoms with E-state index in [1.54, 1.807) is 18.3 Å². The van der Waals surface area contributed by atoms with Gasteiger partial charge in [-0.15, -0.1) is 0 Å². The minimum absolute atomic E-state index is 0.0619. The molecule has 0 radical (unpaired) electrons. The highest BCUT2D eigenvalue weighted by molar-refractivity contribution is 6.74. The molecule has 0 amide bonds. The van der Waals surface area contributed by atoms with Crippen molar-refractivity contribution in [1.82, 2.24) is 10.1 Å². The van der Waals surface area contributed by atoms with Crippen LogP contribution in [0.4, 0.5) is 0 Å². The van der Waals surface area contributed by atoms with Gasteiger partial charge in [-0.05, 0) is 59.7 Å². The molecule has 1 saturated carbocycles. The molecule has 0 aliphatic heterocycles. The number of aromatic nitrogens is 2. The van der Waals surface area contributed by atoms with Crippen LogP contribution in [-0.2, 0) is 28.7 Å². The summed E-state index contributed by atoms with van der Waals surface area (Å²) >= 11 is 0. The van der Waals surface area contributed by atoms with Crippen molar-refractivity contribution in [2.75, 3.05) is 0 Å². The lowest BCUT2D eigenvalue weighted by Gasteiger charge is -2.52. The number of rotatable bonds is 5. The highest BCUT2D eigenvalue weighted by Crippen LogP contribution is 2.54. The summed E-state index contributed by atoms with van der Waals surface area (Å²) in [7, 11) is -2.68. The first-order valence-electron chi connectivity index (χ1n) is 13.8. The molecule has 40 heavy (non-hydrogen) atoms. The summed E-state index contributed by atoms with van der Waals surface area (Å²) in [5, 5.41) is 15.2. The summed E-state index contributed by atoms with van der Waals surface area (Å²) in [5.74, 6) is -1.34. The van der Waals surface area contributed by atoms with Crippen molar-refractivity contribution in [2.45, 2.75) is 70.4 Å². The standard InChI is InChI=1S/C31H34N2O6Si/c1-30(2,3)40(4,5)39-31-20(14-19-15-22-21(12-9-13-32-22)26(34)24(19)27(31)35)16-23-25(28(31)36)29(33-38-23)37-17-18-10-7-6-8-11-18/h6-13,19-20,34H,14-17H2,1-5H3/t19-,20+,31?/m1/s1. The average Bonchev–Trinajstić information content (AvgIpc) is 3.31. The van der Waals surface area contributed by atoms with E-state index >= 15 is 0 Å². The molecule has 1 fully saturated rings. The Morgan fingerprint density at radius 1 is 1.07 bits per heavy atom. The van der Waals surface area contributed by atoms with Gasteiger partial charge in [0.25, 0.3) is 5.88 Å². The molecule has 6 rings (SSSR count). The van der Waals surface area contributed by atoms with Crippen LogP contribution in [0.2, 0.25) is 18.1 Å². The van der Waals surface area contributed by atoms with Gasteiger partial charge in [-0.3, -0.25) is 14.6 Å². The highest BCUT2D eigenvalue weighted by Gasteiger charge is 2.65. The fraction of sp³-hybridized carbons (Fsp3) is 0.419. The Kier molecular flexibility index (Phi) is 6.16. The number of ketones is 2. The van der Waals surface area contributed by atoms with E-state index in [1.165, 1.54) is 0 Å². The first-order chi connectivity index (χ1) is 18.9. The Bertz CT molecular complexity index is 1540. The summed E-state index contributed by atoms with van der Waals surface area (Å²) < 4.78 is 18.6.